The molecule has 94 valence electrons. The fraction of sp³-hybridized carbons (Fsp3) is 0.357. The van der Waals surface area contributed by atoms with E-state index in [0.29, 0.717) is 0 Å². The Bertz CT molecular complexity index is 546. The molecule has 1 saturated heterocycles. The number of aromatic nitrogens is 1. The molecule has 1 aromatic carbocycles. The highest BCUT2D eigenvalue weighted by Crippen LogP contribution is 2.22. The topological polar surface area (TPSA) is 54.2 Å². The quantitative estimate of drug-likeness (QED) is 0.639. The summed E-state index contributed by atoms with van der Waals surface area (Å²) in [4.78, 5) is 7.02. The van der Waals surface area contributed by atoms with Crippen molar-refractivity contribution >= 4 is 16.7 Å². The molecule has 0 atom stereocenters. The van der Waals surface area contributed by atoms with Gasteiger partial charge in [-0.2, -0.15) is 0 Å². The Morgan fingerprint density at radius 2 is 2.00 bits per heavy atom. The van der Waals surface area contributed by atoms with Crippen LogP contribution in [0.5, 0.6) is 0 Å². The molecule has 4 nitrogen and oxygen atoms in total. The normalized spacial score (nSPS) is 16.3. The van der Waals surface area contributed by atoms with E-state index in [2.05, 4.69) is 27.4 Å². The summed E-state index contributed by atoms with van der Waals surface area (Å²) in [6.45, 7) is 3.28. The molecule has 0 unspecified atom stereocenters. The van der Waals surface area contributed by atoms with Gasteiger partial charge in [-0.1, -0.05) is 18.2 Å². The van der Waals surface area contributed by atoms with E-state index in [1.807, 2.05) is 18.2 Å². The lowest BCUT2D eigenvalue weighted by molar-refractivity contribution is 0.332. The Hall–Kier alpha value is -1.65. The number of para-hydroxylation sites is 1. The minimum absolute atomic E-state index is 0.792. The summed E-state index contributed by atoms with van der Waals surface area (Å²) in [5.41, 5.74) is 4.88. The van der Waals surface area contributed by atoms with Gasteiger partial charge in [-0.05, 0) is 38.1 Å². The molecule has 1 aliphatic heterocycles. The first-order valence-electron chi connectivity index (χ1n) is 6.44. The van der Waals surface area contributed by atoms with Gasteiger partial charge in [0.05, 0.1) is 5.52 Å². The predicted molar refractivity (Wildman–Crippen MR) is 74.1 cm³/mol. The molecule has 18 heavy (non-hydrogen) atoms. The first-order valence-corrected chi connectivity index (χ1v) is 6.44. The molecule has 0 amide bonds. The van der Waals surface area contributed by atoms with Crippen LogP contribution in [0.2, 0.25) is 0 Å². The number of pyridine rings is 1. The van der Waals surface area contributed by atoms with E-state index in [9.17, 15) is 0 Å². The number of nitrogen functional groups attached to an aromatic ring is 1. The number of anilines is 1. The molecule has 0 radical (unpaired) electrons. The van der Waals surface area contributed by atoms with E-state index in [1.165, 1.54) is 36.9 Å². The molecular formula is C14H18N4. The van der Waals surface area contributed by atoms with E-state index in [4.69, 9.17) is 5.84 Å². The Kier molecular flexibility index (Phi) is 3.13. The summed E-state index contributed by atoms with van der Waals surface area (Å²) in [5.74, 6) is 6.38. The molecule has 2 heterocycles. The van der Waals surface area contributed by atoms with E-state index in [1.54, 1.807) is 0 Å². The van der Waals surface area contributed by atoms with E-state index >= 15 is 0 Å². The van der Waals surface area contributed by atoms with Crippen LogP contribution in [0.4, 0.5) is 5.82 Å². The van der Waals surface area contributed by atoms with Crippen LogP contribution in [0, 0.1) is 0 Å². The molecule has 1 aromatic heterocycles. The average Bonchev–Trinajstić information content (AvgIpc) is 2.91. The number of benzene rings is 1. The zero-order valence-electron chi connectivity index (χ0n) is 10.4. The summed E-state index contributed by atoms with van der Waals surface area (Å²) in [5, 5.41) is 1.17. The van der Waals surface area contributed by atoms with E-state index < -0.39 is 0 Å². The zero-order chi connectivity index (χ0) is 12.4. The molecule has 1 fully saturated rings. The van der Waals surface area contributed by atoms with Gasteiger partial charge in [-0.15, -0.1) is 0 Å². The van der Waals surface area contributed by atoms with Crippen LogP contribution < -0.4 is 11.3 Å². The Morgan fingerprint density at radius 3 is 2.78 bits per heavy atom. The second-order valence-electron chi connectivity index (χ2n) is 4.82. The Balaban J connectivity index is 1.97. The number of nitrogens with one attached hydrogen (secondary N) is 1. The molecule has 0 spiro atoms. The van der Waals surface area contributed by atoms with Crippen molar-refractivity contribution < 1.29 is 0 Å². The Labute approximate surface area is 107 Å². The molecule has 4 heteroatoms. The zero-order valence-corrected chi connectivity index (χ0v) is 10.4. The highest BCUT2D eigenvalue weighted by molar-refractivity contribution is 5.81. The Morgan fingerprint density at radius 1 is 1.22 bits per heavy atom. The van der Waals surface area contributed by atoms with Crippen LogP contribution in [0.15, 0.2) is 30.3 Å². The third-order valence-corrected chi connectivity index (χ3v) is 3.53. The smallest absolute Gasteiger partial charge is 0.145 e. The maximum atomic E-state index is 5.58. The van der Waals surface area contributed by atoms with Crippen molar-refractivity contribution in [1.82, 2.24) is 9.88 Å². The predicted octanol–water partition coefficient (Wildman–Crippen LogP) is 2.12. The summed E-state index contributed by atoms with van der Waals surface area (Å²) >= 11 is 0. The molecular weight excluding hydrogens is 224 g/mol. The summed E-state index contributed by atoms with van der Waals surface area (Å²) < 4.78 is 0. The lowest BCUT2D eigenvalue weighted by Crippen LogP contribution is -2.21. The van der Waals surface area contributed by atoms with Crippen molar-refractivity contribution in [2.75, 3.05) is 18.5 Å². The van der Waals surface area contributed by atoms with Gasteiger partial charge in [0, 0.05) is 17.5 Å². The first kappa shape index (κ1) is 11.4. The number of rotatable bonds is 3. The SMILES string of the molecule is NNc1nc2ccccc2cc1CN1CCCC1. The molecule has 2 aromatic rings. The van der Waals surface area contributed by atoms with Gasteiger partial charge in [0.25, 0.3) is 0 Å². The van der Waals surface area contributed by atoms with Crippen LogP contribution in [0.3, 0.4) is 0 Å². The van der Waals surface area contributed by atoms with Crippen molar-refractivity contribution in [3.05, 3.63) is 35.9 Å². The average molecular weight is 242 g/mol. The van der Waals surface area contributed by atoms with Crippen molar-refractivity contribution in [2.24, 2.45) is 5.84 Å². The number of fused-ring (bicyclic) bond motifs is 1. The monoisotopic (exact) mass is 242 g/mol. The van der Waals surface area contributed by atoms with Crippen molar-refractivity contribution in [3.63, 3.8) is 0 Å². The minimum atomic E-state index is 0.792. The largest absolute Gasteiger partial charge is 0.308 e. The second-order valence-corrected chi connectivity index (χ2v) is 4.82. The van der Waals surface area contributed by atoms with Gasteiger partial charge in [0.15, 0.2) is 0 Å². The molecule has 0 bridgehead atoms. The lowest BCUT2D eigenvalue weighted by Gasteiger charge is -2.17. The number of hydrogen-bond acceptors (Lipinski definition) is 4. The molecule has 3 N–H and O–H groups in total. The van der Waals surface area contributed by atoms with Crippen molar-refractivity contribution in [1.29, 1.82) is 0 Å². The minimum Gasteiger partial charge on any atom is -0.308 e. The van der Waals surface area contributed by atoms with Crippen LogP contribution in [0.25, 0.3) is 10.9 Å². The first-order chi connectivity index (χ1) is 8.86. The van der Waals surface area contributed by atoms with Crippen LogP contribution >= 0.6 is 0 Å². The lowest BCUT2D eigenvalue weighted by atomic mass is 10.1. The number of hydrazine groups is 1. The number of nitrogens with two attached hydrogens (primary N) is 1. The fourth-order valence-electron chi connectivity index (χ4n) is 2.59. The summed E-state index contributed by atoms with van der Waals surface area (Å²) in [6, 6.07) is 10.3. The van der Waals surface area contributed by atoms with Gasteiger partial charge in [0.2, 0.25) is 0 Å². The van der Waals surface area contributed by atoms with Gasteiger partial charge < -0.3 is 5.43 Å². The highest BCUT2D eigenvalue weighted by Gasteiger charge is 2.14. The molecule has 0 saturated carbocycles. The van der Waals surface area contributed by atoms with Crippen LogP contribution in [-0.2, 0) is 6.54 Å². The van der Waals surface area contributed by atoms with Crippen molar-refractivity contribution in [2.45, 2.75) is 19.4 Å². The van der Waals surface area contributed by atoms with E-state index in [-0.39, 0.29) is 0 Å². The fourth-order valence-corrected chi connectivity index (χ4v) is 2.59. The van der Waals surface area contributed by atoms with Gasteiger partial charge in [0.1, 0.15) is 5.82 Å². The van der Waals surface area contributed by atoms with Gasteiger partial charge in [-0.3, -0.25) is 4.90 Å². The third kappa shape index (κ3) is 2.17. The highest BCUT2D eigenvalue weighted by atomic mass is 15.3. The van der Waals surface area contributed by atoms with E-state index in [0.717, 1.165) is 17.9 Å². The number of nitrogens with zero attached hydrogens (tertiary/aromatic N) is 2. The van der Waals surface area contributed by atoms with Gasteiger partial charge >= 0.3 is 0 Å². The number of likely N-dealkylation sites (tertiary alicyclic amines) is 1. The summed E-state index contributed by atoms with van der Waals surface area (Å²) in [7, 11) is 0. The molecule has 0 aliphatic carbocycles. The maximum absolute atomic E-state index is 5.58. The second kappa shape index (κ2) is 4.92. The maximum Gasteiger partial charge on any atom is 0.145 e. The summed E-state index contributed by atoms with van der Waals surface area (Å²) in [6.07, 6.45) is 2.60. The van der Waals surface area contributed by atoms with Crippen LogP contribution in [0.1, 0.15) is 18.4 Å². The van der Waals surface area contributed by atoms with Crippen molar-refractivity contribution in [3.8, 4) is 0 Å². The molecule has 3 rings (SSSR count). The van der Waals surface area contributed by atoms with Crippen LogP contribution in [-0.4, -0.2) is 23.0 Å². The standard InChI is InChI=1S/C14H18N4/c15-17-14-12(10-18-7-3-4-8-18)9-11-5-1-2-6-13(11)16-14/h1-2,5-6,9H,3-4,7-8,10,15H2,(H,16,17). The number of hydrogen-bond donors (Lipinski definition) is 2. The van der Waals surface area contributed by atoms with Gasteiger partial charge in [-0.25, -0.2) is 10.8 Å². The third-order valence-electron chi connectivity index (χ3n) is 3.53. The molecule has 1 aliphatic rings.